The number of rotatable bonds is 5. The van der Waals surface area contributed by atoms with Crippen LogP contribution in [0.3, 0.4) is 0 Å². The van der Waals surface area contributed by atoms with Gasteiger partial charge in [0.2, 0.25) is 10.0 Å². The van der Waals surface area contributed by atoms with Gasteiger partial charge in [0.25, 0.3) is 5.91 Å². The third-order valence-electron chi connectivity index (χ3n) is 5.02. The molecule has 1 aromatic heterocycles. The van der Waals surface area contributed by atoms with Crippen molar-refractivity contribution in [1.82, 2.24) is 4.90 Å². The predicted octanol–water partition coefficient (Wildman–Crippen LogP) is 3.26. The van der Waals surface area contributed by atoms with Crippen LogP contribution in [0.4, 0.5) is 5.69 Å². The van der Waals surface area contributed by atoms with Crippen molar-refractivity contribution in [3.05, 3.63) is 51.7 Å². The summed E-state index contributed by atoms with van der Waals surface area (Å²) in [6.45, 7) is 2.53. The van der Waals surface area contributed by atoms with Crippen LogP contribution < -0.4 is 4.31 Å². The Bertz CT molecular complexity index is 934. The molecular weight excluding hydrogens is 368 g/mol. The van der Waals surface area contributed by atoms with Crippen molar-refractivity contribution < 1.29 is 13.2 Å². The number of carbonyl (C=O) groups is 1. The number of nitrogens with zero attached hydrogens (tertiary/aromatic N) is 2. The molecule has 26 heavy (non-hydrogen) atoms. The normalized spacial score (nSPS) is 19.5. The summed E-state index contributed by atoms with van der Waals surface area (Å²) in [7, 11) is -3.31. The fourth-order valence-corrected chi connectivity index (χ4v) is 5.66. The maximum atomic E-state index is 13.1. The molecule has 0 saturated heterocycles. The van der Waals surface area contributed by atoms with Gasteiger partial charge in [-0.2, -0.15) is 11.3 Å². The van der Waals surface area contributed by atoms with E-state index in [4.69, 9.17) is 0 Å². The van der Waals surface area contributed by atoms with Crippen LogP contribution in [-0.2, 0) is 23.0 Å². The van der Waals surface area contributed by atoms with Crippen LogP contribution in [0.1, 0.15) is 41.3 Å². The number of fused-ring (bicyclic) bond motifs is 1. The molecule has 5 nitrogen and oxygen atoms in total. The van der Waals surface area contributed by atoms with Gasteiger partial charge in [-0.1, -0.05) is 0 Å². The lowest BCUT2D eigenvalue weighted by Crippen LogP contribution is -2.34. The van der Waals surface area contributed by atoms with E-state index in [0.717, 1.165) is 24.0 Å². The molecule has 4 rings (SSSR count). The molecule has 0 spiro atoms. The van der Waals surface area contributed by atoms with Gasteiger partial charge in [-0.3, -0.25) is 9.10 Å². The maximum absolute atomic E-state index is 13.1. The average Bonchev–Trinajstić information content (AvgIpc) is 3.16. The molecular formula is C19H22N2O3S2. The van der Waals surface area contributed by atoms with Gasteiger partial charge in [0, 0.05) is 24.2 Å². The Hall–Kier alpha value is -1.86. The van der Waals surface area contributed by atoms with Gasteiger partial charge in [0.1, 0.15) is 0 Å². The Kier molecular flexibility index (Phi) is 4.31. The van der Waals surface area contributed by atoms with E-state index in [-0.39, 0.29) is 11.9 Å². The highest BCUT2D eigenvalue weighted by Gasteiger charge is 2.35. The summed E-state index contributed by atoms with van der Waals surface area (Å²) in [4.78, 5) is 15.1. The van der Waals surface area contributed by atoms with Crippen LogP contribution in [0, 0.1) is 0 Å². The van der Waals surface area contributed by atoms with Gasteiger partial charge < -0.3 is 4.90 Å². The molecule has 0 radical (unpaired) electrons. The maximum Gasteiger partial charge on any atom is 0.254 e. The molecule has 1 aliphatic heterocycles. The third kappa shape index (κ3) is 3.25. The highest BCUT2D eigenvalue weighted by Crippen LogP contribution is 2.36. The minimum absolute atomic E-state index is 0.0342. The van der Waals surface area contributed by atoms with Gasteiger partial charge in [-0.15, -0.1) is 0 Å². The van der Waals surface area contributed by atoms with Crippen molar-refractivity contribution in [3.8, 4) is 0 Å². The van der Waals surface area contributed by atoms with E-state index in [1.54, 1.807) is 23.5 Å². The number of thiophene rings is 1. The summed E-state index contributed by atoms with van der Waals surface area (Å²) in [5.74, 6) is 0.0342. The first kappa shape index (κ1) is 17.5. The number of carbonyl (C=O) groups excluding carboxylic acids is 1. The Balaban J connectivity index is 1.62. The Morgan fingerprint density at radius 3 is 2.69 bits per heavy atom. The summed E-state index contributed by atoms with van der Waals surface area (Å²) in [6.07, 6.45) is 3.98. The molecule has 2 aliphatic rings. The van der Waals surface area contributed by atoms with Crippen LogP contribution in [0.15, 0.2) is 35.0 Å². The van der Waals surface area contributed by atoms with Gasteiger partial charge in [0.05, 0.1) is 11.9 Å². The van der Waals surface area contributed by atoms with E-state index >= 15 is 0 Å². The first-order valence-corrected chi connectivity index (χ1v) is 11.6. The van der Waals surface area contributed by atoms with Crippen LogP contribution >= 0.6 is 11.3 Å². The van der Waals surface area contributed by atoms with E-state index in [1.165, 1.54) is 10.6 Å². The van der Waals surface area contributed by atoms with Gasteiger partial charge in [-0.05, 0) is 72.3 Å². The van der Waals surface area contributed by atoms with E-state index in [2.05, 4.69) is 11.4 Å². The second kappa shape index (κ2) is 6.39. The van der Waals surface area contributed by atoms with Crippen LogP contribution in [-0.4, -0.2) is 37.6 Å². The zero-order valence-corrected chi connectivity index (χ0v) is 16.5. The number of hydrogen-bond donors (Lipinski definition) is 0. The molecule has 0 N–H and O–H groups in total. The summed E-state index contributed by atoms with van der Waals surface area (Å²) < 4.78 is 25.6. The smallest absolute Gasteiger partial charge is 0.254 e. The molecule has 138 valence electrons. The van der Waals surface area contributed by atoms with Crippen LogP contribution in [0.5, 0.6) is 0 Å². The Morgan fingerprint density at radius 2 is 2.08 bits per heavy atom. The van der Waals surface area contributed by atoms with Gasteiger partial charge in [0.15, 0.2) is 0 Å². The number of hydrogen-bond acceptors (Lipinski definition) is 4. The number of benzene rings is 1. The summed E-state index contributed by atoms with van der Waals surface area (Å²) in [5, 5.41) is 4.11. The topological polar surface area (TPSA) is 57.7 Å². The zero-order chi connectivity index (χ0) is 18.5. The first-order valence-electron chi connectivity index (χ1n) is 8.79. The molecule has 1 unspecified atom stereocenters. The minimum Gasteiger partial charge on any atom is -0.331 e. The summed E-state index contributed by atoms with van der Waals surface area (Å²) in [5.41, 5.74) is 3.44. The van der Waals surface area contributed by atoms with E-state index in [0.29, 0.717) is 30.3 Å². The Labute approximate surface area is 158 Å². The van der Waals surface area contributed by atoms with Gasteiger partial charge in [-0.25, -0.2) is 8.42 Å². The largest absolute Gasteiger partial charge is 0.331 e. The van der Waals surface area contributed by atoms with E-state index in [9.17, 15) is 13.2 Å². The lowest BCUT2D eigenvalue weighted by molar-refractivity contribution is 0.0730. The fraction of sp³-hybridized carbons (Fsp3) is 0.421. The lowest BCUT2D eigenvalue weighted by Gasteiger charge is -2.23. The quantitative estimate of drug-likeness (QED) is 0.787. The van der Waals surface area contributed by atoms with Crippen molar-refractivity contribution >= 4 is 33.0 Å². The molecule has 1 aliphatic carbocycles. The third-order valence-corrected chi connectivity index (χ3v) is 7.02. The van der Waals surface area contributed by atoms with E-state index < -0.39 is 10.0 Å². The van der Waals surface area contributed by atoms with Crippen molar-refractivity contribution in [2.45, 2.75) is 44.8 Å². The van der Waals surface area contributed by atoms with E-state index in [1.807, 2.05) is 23.3 Å². The SMILES string of the molecule is CC1Cc2cc(C(=O)N(Cc3ccsc3)C3CC3)ccc2N1S(C)(=O)=O. The molecule has 1 aromatic carbocycles. The van der Waals surface area contributed by atoms with Crippen molar-refractivity contribution in [3.63, 3.8) is 0 Å². The standard InChI is InChI=1S/C19H22N2O3S2/c1-13-9-16-10-15(3-6-18(16)21(13)26(2,23)24)19(22)20(17-4-5-17)11-14-7-8-25-12-14/h3,6-8,10,12-13,17H,4-5,9,11H2,1-2H3. The molecule has 1 saturated carbocycles. The van der Waals surface area contributed by atoms with Crippen LogP contribution in [0.25, 0.3) is 0 Å². The molecule has 1 atom stereocenters. The first-order chi connectivity index (χ1) is 12.3. The molecule has 0 bridgehead atoms. The summed E-state index contributed by atoms with van der Waals surface area (Å²) in [6, 6.07) is 7.69. The summed E-state index contributed by atoms with van der Waals surface area (Å²) >= 11 is 1.64. The number of sulfonamides is 1. The highest BCUT2D eigenvalue weighted by atomic mass is 32.2. The molecule has 7 heteroatoms. The van der Waals surface area contributed by atoms with Crippen molar-refractivity contribution in [2.24, 2.45) is 0 Å². The average molecular weight is 391 g/mol. The second-order valence-corrected chi connectivity index (χ2v) is 9.89. The molecule has 2 heterocycles. The molecule has 1 fully saturated rings. The lowest BCUT2D eigenvalue weighted by atomic mass is 10.1. The number of anilines is 1. The number of amides is 1. The van der Waals surface area contributed by atoms with Crippen molar-refractivity contribution in [1.29, 1.82) is 0 Å². The second-order valence-electron chi connectivity index (χ2n) is 7.25. The van der Waals surface area contributed by atoms with Crippen molar-refractivity contribution in [2.75, 3.05) is 10.6 Å². The van der Waals surface area contributed by atoms with Gasteiger partial charge >= 0.3 is 0 Å². The van der Waals surface area contributed by atoms with Crippen LogP contribution in [0.2, 0.25) is 0 Å². The fourth-order valence-electron chi connectivity index (χ4n) is 3.74. The minimum atomic E-state index is -3.31. The zero-order valence-electron chi connectivity index (χ0n) is 14.9. The molecule has 1 amide bonds. The molecule has 2 aromatic rings. The predicted molar refractivity (Wildman–Crippen MR) is 104 cm³/mol. The highest BCUT2D eigenvalue weighted by molar-refractivity contribution is 7.92. The monoisotopic (exact) mass is 390 g/mol. The Morgan fingerprint density at radius 1 is 1.31 bits per heavy atom.